The molecule has 0 aliphatic rings. The van der Waals surface area contributed by atoms with Gasteiger partial charge < -0.3 is 10.5 Å². The van der Waals surface area contributed by atoms with Crippen molar-refractivity contribution in [2.24, 2.45) is 5.73 Å². The lowest BCUT2D eigenvalue weighted by atomic mass is 10.2. The minimum absolute atomic E-state index is 0.311. The van der Waals surface area contributed by atoms with Gasteiger partial charge in [0.25, 0.3) is 0 Å². The van der Waals surface area contributed by atoms with Crippen LogP contribution in [0.1, 0.15) is 5.56 Å². The SMILES string of the molecule is NCc1ccc(OCCS(=O)c2cccc(F)c2)cc1. The van der Waals surface area contributed by atoms with E-state index in [9.17, 15) is 8.60 Å². The zero-order valence-electron chi connectivity index (χ0n) is 10.9. The molecule has 2 rings (SSSR count). The minimum atomic E-state index is -1.26. The molecule has 2 aromatic carbocycles. The molecule has 3 nitrogen and oxygen atoms in total. The Labute approximate surface area is 120 Å². The van der Waals surface area contributed by atoms with Crippen molar-refractivity contribution in [1.82, 2.24) is 0 Å². The van der Waals surface area contributed by atoms with E-state index in [1.54, 1.807) is 12.1 Å². The van der Waals surface area contributed by atoms with Gasteiger partial charge in [-0.15, -0.1) is 0 Å². The lowest BCUT2D eigenvalue weighted by Gasteiger charge is -2.07. The molecule has 0 bridgehead atoms. The number of halogens is 1. The molecular weight excluding hydrogens is 277 g/mol. The van der Waals surface area contributed by atoms with E-state index in [-0.39, 0.29) is 5.82 Å². The first-order valence-electron chi connectivity index (χ1n) is 6.25. The van der Waals surface area contributed by atoms with Gasteiger partial charge in [-0.25, -0.2) is 4.39 Å². The summed E-state index contributed by atoms with van der Waals surface area (Å²) in [4.78, 5) is 0.479. The first-order valence-corrected chi connectivity index (χ1v) is 7.56. The molecule has 5 heteroatoms. The minimum Gasteiger partial charge on any atom is -0.493 e. The Kier molecular flexibility index (Phi) is 5.26. The van der Waals surface area contributed by atoms with E-state index < -0.39 is 10.8 Å². The topological polar surface area (TPSA) is 52.3 Å². The summed E-state index contributed by atoms with van der Waals surface area (Å²) in [6.07, 6.45) is 0. The van der Waals surface area contributed by atoms with Gasteiger partial charge in [0, 0.05) is 11.4 Å². The maximum atomic E-state index is 13.0. The first kappa shape index (κ1) is 14.7. The number of nitrogens with two attached hydrogens (primary N) is 1. The molecule has 0 saturated heterocycles. The van der Waals surface area contributed by atoms with Gasteiger partial charge >= 0.3 is 0 Å². The van der Waals surface area contributed by atoms with E-state index in [2.05, 4.69) is 0 Å². The van der Waals surface area contributed by atoms with Crippen molar-refractivity contribution < 1.29 is 13.3 Å². The number of ether oxygens (including phenoxy) is 1. The average molecular weight is 293 g/mol. The second-order valence-corrected chi connectivity index (χ2v) is 5.77. The van der Waals surface area contributed by atoms with E-state index in [1.165, 1.54) is 12.1 Å². The normalized spacial score (nSPS) is 12.1. The summed E-state index contributed by atoms with van der Waals surface area (Å²) in [6.45, 7) is 0.801. The maximum absolute atomic E-state index is 13.0. The van der Waals surface area contributed by atoms with Crippen molar-refractivity contribution in [2.75, 3.05) is 12.4 Å². The lowest BCUT2D eigenvalue weighted by Crippen LogP contribution is -2.09. The van der Waals surface area contributed by atoms with Crippen LogP contribution in [0.2, 0.25) is 0 Å². The van der Waals surface area contributed by atoms with Gasteiger partial charge in [0.2, 0.25) is 0 Å². The highest BCUT2D eigenvalue weighted by Crippen LogP contribution is 2.13. The zero-order valence-corrected chi connectivity index (χ0v) is 11.7. The van der Waals surface area contributed by atoms with Crippen LogP contribution in [-0.4, -0.2) is 16.6 Å². The zero-order chi connectivity index (χ0) is 14.4. The van der Waals surface area contributed by atoms with Crippen molar-refractivity contribution in [3.63, 3.8) is 0 Å². The van der Waals surface area contributed by atoms with Crippen molar-refractivity contribution >= 4 is 10.8 Å². The van der Waals surface area contributed by atoms with Gasteiger partial charge in [0.1, 0.15) is 18.2 Å². The molecule has 0 aliphatic carbocycles. The van der Waals surface area contributed by atoms with Crippen LogP contribution in [0, 0.1) is 5.82 Å². The highest BCUT2D eigenvalue weighted by Gasteiger charge is 2.05. The Hall–Kier alpha value is -1.72. The number of hydrogen-bond donors (Lipinski definition) is 1. The third-order valence-electron chi connectivity index (χ3n) is 2.76. The summed E-state index contributed by atoms with van der Waals surface area (Å²) in [5.74, 6) is 0.648. The third kappa shape index (κ3) is 4.15. The van der Waals surface area contributed by atoms with Crippen LogP contribution in [-0.2, 0) is 17.3 Å². The van der Waals surface area contributed by atoms with Crippen LogP contribution in [0.4, 0.5) is 4.39 Å². The molecule has 106 valence electrons. The van der Waals surface area contributed by atoms with Crippen LogP contribution < -0.4 is 10.5 Å². The van der Waals surface area contributed by atoms with Crippen molar-refractivity contribution in [2.45, 2.75) is 11.4 Å². The van der Waals surface area contributed by atoms with Crippen molar-refractivity contribution in [1.29, 1.82) is 0 Å². The monoisotopic (exact) mass is 293 g/mol. The van der Waals surface area contributed by atoms with Gasteiger partial charge in [-0.1, -0.05) is 18.2 Å². The van der Waals surface area contributed by atoms with E-state index in [0.29, 0.717) is 29.5 Å². The van der Waals surface area contributed by atoms with Gasteiger partial charge in [0.05, 0.1) is 16.6 Å². The molecule has 0 heterocycles. The second kappa shape index (κ2) is 7.17. The standard InChI is InChI=1S/C15H16FNO2S/c16-13-2-1-3-15(10-13)20(18)9-8-19-14-6-4-12(11-17)5-7-14/h1-7,10H,8-9,11,17H2. The Morgan fingerprint density at radius 3 is 2.55 bits per heavy atom. The molecular formula is C15H16FNO2S. The Morgan fingerprint density at radius 2 is 1.90 bits per heavy atom. The fraction of sp³-hybridized carbons (Fsp3) is 0.200. The fourth-order valence-electron chi connectivity index (χ4n) is 1.68. The number of rotatable bonds is 6. The Balaban J connectivity index is 1.84. The highest BCUT2D eigenvalue weighted by atomic mass is 32.2. The van der Waals surface area contributed by atoms with E-state index in [0.717, 1.165) is 5.56 Å². The summed E-state index contributed by atoms with van der Waals surface area (Å²) < 4.78 is 30.4. The molecule has 0 saturated carbocycles. The molecule has 0 spiro atoms. The predicted molar refractivity (Wildman–Crippen MR) is 77.5 cm³/mol. The molecule has 1 unspecified atom stereocenters. The summed E-state index contributed by atoms with van der Waals surface area (Å²) in [5, 5.41) is 0. The van der Waals surface area contributed by atoms with Gasteiger partial charge in [0.15, 0.2) is 0 Å². The molecule has 0 amide bonds. The predicted octanol–water partition coefficient (Wildman–Crippen LogP) is 2.47. The first-order chi connectivity index (χ1) is 9.69. The van der Waals surface area contributed by atoms with Crippen LogP contribution >= 0.6 is 0 Å². The summed E-state index contributed by atoms with van der Waals surface area (Å²) in [6, 6.07) is 13.2. The molecule has 0 aromatic heterocycles. The average Bonchev–Trinajstić information content (AvgIpc) is 2.48. The molecule has 0 fully saturated rings. The highest BCUT2D eigenvalue weighted by molar-refractivity contribution is 7.85. The molecule has 2 aromatic rings. The largest absolute Gasteiger partial charge is 0.493 e. The van der Waals surface area contributed by atoms with E-state index >= 15 is 0 Å². The van der Waals surface area contributed by atoms with Gasteiger partial charge in [-0.05, 0) is 35.9 Å². The van der Waals surface area contributed by atoms with Crippen molar-refractivity contribution in [3.8, 4) is 5.75 Å². The van der Waals surface area contributed by atoms with Gasteiger partial charge in [-0.3, -0.25) is 4.21 Å². The summed E-state index contributed by atoms with van der Waals surface area (Å²) in [7, 11) is -1.26. The van der Waals surface area contributed by atoms with Crippen LogP contribution in [0.3, 0.4) is 0 Å². The van der Waals surface area contributed by atoms with E-state index in [4.69, 9.17) is 10.5 Å². The fourth-order valence-corrected chi connectivity index (χ4v) is 2.63. The van der Waals surface area contributed by atoms with Crippen molar-refractivity contribution in [3.05, 3.63) is 59.9 Å². The number of hydrogen-bond acceptors (Lipinski definition) is 3. The third-order valence-corrected chi connectivity index (χ3v) is 4.07. The molecule has 2 N–H and O–H groups in total. The molecule has 0 aliphatic heterocycles. The van der Waals surface area contributed by atoms with Crippen LogP contribution in [0.15, 0.2) is 53.4 Å². The molecule has 1 atom stereocenters. The summed E-state index contributed by atoms with van der Waals surface area (Å²) >= 11 is 0. The summed E-state index contributed by atoms with van der Waals surface area (Å²) in [5.41, 5.74) is 6.53. The van der Waals surface area contributed by atoms with Crippen LogP contribution in [0.5, 0.6) is 5.75 Å². The quantitative estimate of drug-likeness (QED) is 0.890. The van der Waals surface area contributed by atoms with Crippen LogP contribution in [0.25, 0.3) is 0 Å². The lowest BCUT2D eigenvalue weighted by molar-refractivity contribution is 0.342. The Bertz CT molecular complexity index is 587. The number of benzene rings is 2. The molecule has 20 heavy (non-hydrogen) atoms. The Morgan fingerprint density at radius 1 is 1.15 bits per heavy atom. The smallest absolute Gasteiger partial charge is 0.124 e. The van der Waals surface area contributed by atoms with E-state index in [1.807, 2.05) is 24.3 Å². The molecule has 0 radical (unpaired) electrons. The maximum Gasteiger partial charge on any atom is 0.124 e. The second-order valence-electron chi connectivity index (χ2n) is 4.20. The van der Waals surface area contributed by atoms with Gasteiger partial charge in [-0.2, -0.15) is 0 Å².